The van der Waals surface area contributed by atoms with Gasteiger partial charge in [-0.25, -0.2) is 4.98 Å². The number of carbonyl (C=O) groups is 1. The van der Waals surface area contributed by atoms with Crippen molar-refractivity contribution < 1.29 is 18.5 Å². The highest BCUT2D eigenvalue weighted by Crippen LogP contribution is 2.24. The number of carbonyl (C=O) groups excluding carboxylic acids is 1. The van der Waals surface area contributed by atoms with Crippen LogP contribution >= 0.6 is 0 Å². The first-order valence-electron chi connectivity index (χ1n) is 14.6. The molecule has 42 heavy (non-hydrogen) atoms. The molecule has 6 nitrogen and oxygen atoms in total. The zero-order valence-electron chi connectivity index (χ0n) is 24.5. The second-order valence-corrected chi connectivity index (χ2v) is 11.6. The molecule has 0 unspecified atom stereocenters. The minimum Gasteiger partial charge on any atom is -0.491 e. The van der Waals surface area contributed by atoms with Crippen LogP contribution in [-0.2, 0) is 39.0 Å². The number of hydrogen-bond acceptors (Lipinski definition) is 5. The molecular weight excluding hydrogens is 544 g/mol. The standard InChI is InChI=1S/C35H40N2O4S/c1-3-5-20-40-21-22-41-34-15-12-30(13-16-34)31-8-6-7-28(23-31)9-14-33(38)24-29-10-17-35(18-11-29)42(39)26-32-25-36-27-37(32)19-4-2/h6-18,23,25,27H,3-5,19-22,24,26H2,1-2H3/b14-9+/t42-/m1/s1. The van der Waals surface area contributed by atoms with Crippen LogP contribution in [0.4, 0.5) is 0 Å². The molecule has 0 aliphatic rings. The van der Waals surface area contributed by atoms with Crippen molar-refractivity contribution in [3.05, 3.63) is 108 Å². The minimum absolute atomic E-state index is 0.0120. The average Bonchev–Trinajstić information content (AvgIpc) is 3.45. The van der Waals surface area contributed by atoms with Gasteiger partial charge in [0, 0.05) is 30.7 Å². The van der Waals surface area contributed by atoms with Crippen LogP contribution in [0.1, 0.15) is 49.9 Å². The quantitative estimate of drug-likeness (QED) is 0.0963. The number of hydrogen-bond donors (Lipinski definition) is 0. The first-order valence-corrected chi connectivity index (χ1v) is 16.0. The van der Waals surface area contributed by atoms with Crippen LogP contribution in [0.5, 0.6) is 5.75 Å². The molecule has 0 saturated carbocycles. The molecule has 0 spiro atoms. The van der Waals surface area contributed by atoms with Gasteiger partial charge in [-0.1, -0.05) is 68.8 Å². The van der Waals surface area contributed by atoms with E-state index in [9.17, 15) is 9.00 Å². The second-order valence-electron chi connectivity index (χ2n) is 10.2. The number of ketones is 1. The Kier molecular flexibility index (Phi) is 12.3. The molecule has 220 valence electrons. The van der Waals surface area contributed by atoms with Crippen molar-refractivity contribution in [1.29, 1.82) is 0 Å². The van der Waals surface area contributed by atoms with Gasteiger partial charge in [-0.2, -0.15) is 0 Å². The summed E-state index contributed by atoms with van der Waals surface area (Å²) in [6, 6.07) is 23.6. The van der Waals surface area contributed by atoms with Crippen molar-refractivity contribution in [2.75, 3.05) is 19.8 Å². The summed E-state index contributed by atoms with van der Waals surface area (Å²) in [6.07, 6.45) is 10.5. The Morgan fingerprint density at radius 3 is 2.50 bits per heavy atom. The summed E-state index contributed by atoms with van der Waals surface area (Å²) < 4.78 is 26.2. The van der Waals surface area contributed by atoms with E-state index in [-0.39, 0.29) is 12.2 Å². The Balaban J connectivity index is 1.27. The fourth-order valence-corrected chi connectivity index (χ4v) is 5.58. The Morgan fingerprint density at radius 2 is 1.74 bits per heavy atom. The normalized spacial score (nSPS) is 12.0. The zero-order chi connectivity index (χ0) is 29.6. The van der Waals surface area contributed by atoms with E-state index in [1.807, 2.05) is 71.3 Å². The minimum atomic E-state index is -1.17. The van der Waals surface area contributed by atoms with Crippen LogP contribution in [0.3, 0.4) is 0 Å². The highest BCUT2D eigenvalue weighted by molar-refractivity contribution is 7.84. The fraction of sp³-hybridized carbons (Fsp3) is 0.314. The number of nitrogens with zero attached hydrogens (tertiary/aromatic N) is 2. The maximum absolute atomic E-state index is 12.9. The number of imidazole rings is 1. The molecule has 0 radical (unpaired) electrons. The number of unbranched alkanes of at least 4 members (excludes halogenated alkanes) is 1. The summed E-state index contributed by atoms with van der Waals surface area (Å²) in [5.41, 5.74) is 4.97. The highest BCUT2D eigenvalue weighted by Gasteiger charge is 2.10. The van der Waals surface area contributed by atoms with E-state index in [1.54, 1.807) is 18.6 Å². The van der Waals surface area contributed by atoms with Gasteiger partial charge in [-0.3, -0.25) is 9.00 Å². The molecule has 0 fully saturated rings. The van der Waals surface area contributed by atoms with Crippen LogP contribution in [0.2, 0.25) is 0 Å². The molecule has 7 heteroatoms. The summed E-state index contributed by atoms with van der Waals surface area (Å²) >= 11 is 0. The second kappa shape index (κ2) is 16.6. The van der Waals surface area contributed by atoms with Gasteiger partial charge in [0.1, 0.15) is 12.4 Å². The van der Waals surface area contributed by atoms with Gasteiger partial charge in [-0.15, -0.1) is 0 Å². The van der Waals surface area contributed by atoms with Crippen molar-refractivity contribution in [3.63, 3.8) is 0 Å². The molecule has 0 bridgehead atoms. The smallest absolute Gasteiger partial charge is 0.160 e. The Hall–Kier alpha value is -3.81. The monoisotopic (exact) mass is 584 g/mol. The molecule has 1 atom stereocenters. The number of allylic oxidation sites excluding steroid dienone is 1. The van der Waals surface area contributed by atoms with Crippen molar-refractivity contribution in [3.8, 4) is 16.9 Å². The Labute approximate surface area is 251 Å². The van der Waals surface area contributed by atoms with E-state index in [0.717, 1.165) is 71.0 Å². The van der Waals surface area contributed by atoms with Gasteiger partial charge >= 0.3 is 0 Å². The summed E-state index contributed by atoms with van der Waals surface area (Å²) in [7, 11) is -1.17. The largest absolute Gasteiger partial charge is 0.491 e. The SMILES string of the molecule is CCCCOCCOc1ccc(-c2cccc(/C=C/C(=O)Cc3ccc([S@](=O)Cc4cncn4CCC)cc3)c2)cc1. The van der Waals surface area contributed by atoms with Gasteiger partial charge in [-0.05, 0) is 71.5 Å². The van der Waals surface area contributed by atoms with E-state index < -0.39 is 10.8 Å². The van der Waals surface area contributed by atoms with Gasteiger partial charge in [0.15, 0.2) is 5.78 Å². The summed E-state index contributed by atoms with van der Waals surface area (Å²) in [6.45, 7) is 7.02. The number of ether oxygens (including phenoxy) is 2. The molecule has 3 aromatic carbocycles. The third kappa shape index (κ3) is 9.64. The molecule has 0 aliphatic carbocycles. The zero-order valence-corrected chi connectivity index (χ0v) is 25.4. The lowest BCUT2D eigenvalue weighted by molar-refractivity contribution is -0.113. The van der Waals surface area contributed by atoms with E-state index >= 15 is 0 Å². The van der Waals surface area contributed by atoms with Crippen molar-refractivity contribution in [2.45, 2.75) is 56.7 Å². The van der Waals surface area contributed by atoms with Crippen LogP contribution in [0, 0.1) is 0 Å². The highest BCUT2D eigenvalue weighted by atomic mass is 32.2. The molecule has 1 aromatic heterocycles. The van der Waals surface area contributed by atoms with Crippen molar-refractivity contribution in [2.24, 2.45) is 0 Å². The van der Waals surface area contributed by atoms with Crippen LogP contribution in [0.15, 0.2) is 96.3 Å². The third-order valence-electron chi connectivity index (χ3n) is 6.78. The van der Waals surface area contributed by atoms with Crippen molar-refractivity contribution >= 4 is 22.7 Å². The lowest BCUT2D eigenvalue weighted by Crippen LogP contribution is -2.07. The molecule has 0 aliphatic heterocycles. The number of rotatable bonds is 17. The lowest BCUT2D eigenvalue weighted by atomic mass is 10.0. The first-order chi connectivity index (χ1) is 20.6. The Morgan fingerprint density at radius 1 is 0.929 bits per heavy atom. The fourth-order valence-electron chi connectivity index (χ4n) is 4.47. The summed E-state index contributed by atoms with van der Waals surface area (Å²) in [5, 5.41) is 0. The van der Waals surface area contributed by atoms with E-state index in [4.69, 9.17) is 9.47 Å². The molecule has 4 aromatic rings. The predicted molar refractivity (Wildman–Crippen MR) is 170 cm³/mol. The molecule has 1 heterocycles. The molecule has 0 saturated heterocycles. The third-order valence-corrected chi connectivity index (χ3v) is 8.14. The van der Waals surface area contributed by atoms with E-state index in [0.29, 0.717) is 19.0 Å². The number of aryl methyl sites for hydroxylation is 1. The predicted octanol–water partition coefficient (Wildman–Crippen LogP) is 7.29. The van der Waals surface area contributed by atoms with Gasteiger partial charge < -0.3 is 14.0 Å². The lowest BCUT2D eigenvalue weighted by Gasteiger charge is -2.08. The van der Waals surface area contributed by atoms with Gasteiger partial charge in [0.2, 0.25) is 0 Å². The topological polar surface area (TPSA) is 70.4 Å². The molecule has 0 N–H and O–H groups in total. The number of benzene rings is 3. The molecular formula is C35H40N2O4S. The van der Waals surface area contributed by atoms with E-state index in [1.165, 1.54) is 0 Å². The van der Waals surface area contributed by atoms with E-state index in [2.05, 4.69) is 31.0 Å². The van der Waals surface area contributed by atoms with Crippen LogP contribution < -0.4 is 4.74 Å². The first kappa shape index (κ1) is 31.1. The van der Waals surface area contributed by atoms with Crippen LogP contribution in [-0.4, -0.2) is 39.4 Å². The maximum atomic E-state index is 12.9. The van der Waals surface area contributed by atoms with Gasteiger partial charge in [0.05, 0.1) is 35.2 Å². The number of aromatic nitrogens is 2. The summed E-state index contributed by atoms with van der Waals surface area (Å²) in [4.78, 5) is 17.6. The molecule has 0 amide bonds. The van der Waals surface area contributed by atoms with Crippen LogP contribution in [0.25, 0.3) is 17.2 Å². The Bertz CT molecular complexity index is 1460. The van der Waals surface area contributed by atoms with Gasteiger partial charge in [0.25, 0.3) is 0 Å². The maximum Gasteiger partial charge on any atom is 0.160 e. The average molecular weight is 585 g/mol. The summed E-state index contributed by atoms with van der Waals surface area (Å²) in [5.74, 6) is 1.25. The molecule has 4 rings (SSSR count). The van der Waals surface area contributed by atoms with Crippen molar-refractivity contribution in [1.82, 2.24) is 9.55 Å².